The van der Waals surface area contributed by atoms with E-state index in [9.17, 15) is 24.0 Å². The Bertz CT molecular complexity index is 2150. The monoisotopic (exact) mass is 901 g/mol. The SMILES string of the molecule is CCC(C)(CC)C(=O)C1CCC(C(=O)C2(C)CCC(C)(C)OCN3C(=O)c4ccc5c6c(ccc(c46)C3=O)C(=O)N(COC(C)(C)CCC(C)(C)OCC(C)(C)COC2(C)C)C5=O)CC1. The van der Waals surface area contributed by atoms with Crippen LogP contribution in [0.15, 0.2) is 24.3 Å². The molecule has 2 aromatic rings. The van der Waals surface area contributed by atoms with Gasteiger partial charge in [0.2, 0.25) is 0 Å². The zero-order valence-corrected chi connectivity index (χ0v) is 41.8. The van der Waals surface area contributed by atoms with Gasteiger partial charge in [-0.2, -0.15) is 0 Å². The number of ether oxygens (including phenoxy) is 4. The second kappa shape index (κ2) is 18.0. The van der Waals surface area contributed by atoms with Crippen LogP contribution in [0, 0.1) is 28.1 Å². The smallest absolute Gasteiger partial charge is 0.263 e. The van der Waals surface area contributed by atoms with E-state index in [4.69, 9.17) is 18.9 Å². The number of carbonyl (C=O) groups is 6. The summed E-state index contributed by atoms with van der Waals surface area (Å²) in [7, 11) is 0. The summed E-state index contributed by atoms with van der Waals surface area (Å²) in [5, 5.41) is 0.560. The molecular weight excluding hydrogens is 825 g/mol. The zero-order valence-electron chi connectivity index (χ0n) is 41.8. The molecule has 0 saturated heterocycles. The fourth-order valence-corrected chi connectivity index (χ4v) is 9.91. The molecule has 8 rings (SSSR count). The van der Waals surface area contributed by atoms with E-state index in [1.54, 1.807) is 12.1 Å². The van der Waals surface area contributed by atoms with Crippen molar-refractivity contribution in [3.8, 4) is 0 Å². The van der Waals surface area contributed by atoms with E-state index in [0.29, 0.717) is 70.4 Å². The number of ketones is 2. The van der Waals surface area contributed by atoms with Crippen LogP contribution in [0.25, 0.3) is 10.8 Å². The van der Waals surface area contributed by atoms with Crippen molar-refractivity contribution >= 4 is 46.0 Å². The van der Waals surface area contributed by atoms with Gasteiger partial charge in [-0.25, -0.2) is 9.80 Å². The summed E-state index contributed by atoms with van der Waals surface area (Å²) >= 11 is 0. The first-order valence-electron chi connectivity index (χ1n) is 24.0. The van der Waals surface area contributed by atoms with Crippen LogP contribution in [-0.4, -0.2) is 94.1 Å². The largest absolute Gasteiger partial charge is 0.375 e. The molecule has 0 N–H and O–H groups in total. The highest BCUT2D eigenvalue weighted by atomic mass is 16.5. The Labute approximate surface area is 387 Å². The van der Waals surface area contributed by atoms with Crippen LogP contribution < -0.4 is 0 Å². The summed E-state index contributed by atoms with van der Waals surface area (Å²) in [6.45, 7) is 28.1. The Hall–Kier alpha value is -3.84. The molecule has 4 amide bonds. The van der Waals surface area contributed by atoms with Gasteiger partial charge < -0.3 is 18.9 Å². The average molecular weight is 901 g/mol. The third kappa shape index (κ3) is 9.93. The van der Waals surface area contributed by atoms with E-state index in [0.717, 1.165) is 22.6 Å². The molecule has 1 atom stereocenters. The minimum Gasteiger partial charge on any atom is -0.375 e. The maximum Gasteiger partial charge on any atom is 0.263 e. The molecule has 0 spiro atoms. The van der Waals surface area contributed by atoms with Crippen molar-refractivity contribution in [1.29, 1.82) is 0 Å². The van der Waals surface area contributed by atoms with Crippen LogP contribution in [0.3, 0.4) is 0 Å². The number of benzene rings is 2. The van der Waals surface area contributed by atoms with Gasteiger partial charge in [0.1, 0.15) is 25.0 Å². The number of hydrogen-bond acceptors (Lipinski definition) is 10. The Morgan fingerprint density at radius 3 is 1.31 bits per heavy atom. The molecule has 2 aromatic carbocycles. The van der Waals surface area contributed by atoms with Gasteiger partial charge in [-0.3, -0.25) is 28.8 Å². The van der Waals surface area contributed by atoms with Gasteiger partial charge in [-0.1, -0.05) is 34.6 Å². The highest BCUT2D eigenvalue weighted by Gasteiger charge is 2.52. The van der Waals surface area contributed by atoms with E-state index in [1.807, 2.05) is 62.3 Å². The van der Waals surface area contributed by atoms with E-state index in [1.165, 1.54) is 12.1 Å². The van der Waals surface area contributed by atoms with Gasteiger partial charge in [-0.05, 0) is 151 Å². The maximum absolute atomic E-state index is 15.2. The van der Waals surface area contributed by atoms with Crippen LogP contribution >= 0.6 is 0 Å². The minimum atomic E-state index is -0.987. The molecule has 65 heavy (non-hydrogen) atoms. The predicted molar refractivity (Wildman–Crippen MR) is 250 cm³/mol. The second-order valence-corrected chi connectivity index (χ2v) is 23.1. The molecule has 0 radical (unpaired) electrons. The molecule has 0 aromatic heterocycles. The topological polar surface area (TPSA) is 146 Å². The van der Waals surface area contributed by atoms with Crippen molar-refractivity contribution in [2.24, 2.45) is 28.1 Å². The number of Topliss-reactive ketones (excluding diaryl/α,β-unsaturated/α-hetero) is 2. The lowest BCUT2D eigenvalue weighted by Gasteiger charge is -2.48. The molecule has 1 unspecified atom stereocenters. The third-order valence-electron chi connectivity index (χ3n) is 16.0. The van der Waals surface area contributed by atoms with Crippen LogP contribution in [0.5, 0.6) is 0 Å². The summed E-state index contributed by atoms with van der Waals surface area (Å²) in [6, 6.07) is 6.16. The summed E-state index contributed by atoms with van der Waals surface area (Å²) in [5.41, 5.74) is -4.09. The first-order chi connectivity index (χ1) is 30.0. The molecular formula is C53H76N2O10. The third-order valence-corrected chi connectivity index (χ3v) is 16.0. The molecule has 1 saturated carbocycles. The lowest BCUT2D eigenvalue weighted by atomic mass is 9.61. The summed E-state index contributed by atoms with van der Waals surface area (Å²) in [4.78, 5) is 87.4. The lowest BCUT2D eigenvalue weighted by molar-refractivity contribution is -0.173. The Morgan fingerprint density at radius 1 is 0.554 bits per heavy atom. The second-order valence-electron chi connectivity index (χ2n) is 23.1. The summed E-state index contributed by atoms with van der Waals surface area (Å²) in [6.07, 6.45) is 6.20. The van der Waals surface area contributed by atoms with Crippen LogP contribution in [0.1, 0.15) is 203 Å². The van der Waals surface area contributed by atoms with Gasteiger partial charge in [0.15, 0.2) is 0 Å². The number of fused-ring (bicyclic) bond motifs is 2. The van der Waals surface area contributed by atoms with Gasteiger partial charge >= 0.3 is 0 Å². The normalized spacial score (nSPS) is 27.5. The maximum atomic E-state index is 15.2. The molecule has 358 valence electrons. The van der Waals surface area contributed by atoms with E-state index in [2.05, 4.69) is 34.6 Å². The van der Waals surface area contributed by atoms with Crippen LogP contribution in [0.2, 0.25) is 0 Å². The molecule has 12 nitrogen and oxygen atoms in total. The summed E-state index contributed by atoms with van der Waals surface area (Å²) < 4.78 is 26.3. The molecule has 12 heteroatoms. The highest BCUT2D eigenvalue weighted by Crippen LogP contribution is 2.48. The fourth-order valence-electron chi connectivity index (χ4n) is 9.91. The van der Waals surface area contributed by atoms with Crippen molar-refractivity contribution < 1.29 is 47.7 Å². The number of rotatable bonds is 6. The first-order valence-corrected chi connectivity index (χ1v) is 24.0. The number of hydrogen-bond donors (Lipinski definition) is 0. The lowest BCUT2D eigenvalue weighted by Crippen LogP contribution is -2.54. The van der Waals surface area contributed by atoms with Gasteiger partial charge in [0.05, 0.1) is 41.0 Å². The van der Waals surface area contributed by atoms with Crippen molar-refractivity contribution in [2.75, 3.05) is 26.7 Å². The predicted octanol–water partition coefficient (Wildman–Crippen LogP) is 10.5. The number of carbonyl (C=O) groups excluding carboxylic acids is 6. The number of nitrogens with zero attached hydrogens (tertiary/aromatic N) is 2. The van der Waals surface area contributed by atoms with Gasteiger partial charge in [-0.15, -0.1) is 0 Å². The van der Waals surface area contributed by atoms with E-state index < -0.39 is 56.9 Å². The molecule has 5 aliphatic heterocycles. The molecule has 1 aliphatic carbocycles. The average Bonchev–Trinajstić information content (AvgIpc) is 3.26. The molecule has 5 heterocycles. The van der Waals surface area contributed by atoms with Crippen LogP contribution in [0.4, 0.5) is 0 Å². The number of imide groups is 2. The minimum absolute atomic E-state index is 0.0531. The molecule has 6 aliphatic rings. The van der Waals surface area contributed by atoms with Gasteiger partial charge in [0, 0.05) is 55.7 Å². The Morgan fingerprint density at radius 2 is 0.908 bits per heavy atom. The van der Waals surface area contributed by atoms with Crippen molar-refractivity contribution in [1.82, 2.24) is 9.80 Å². The highest BCUT2D eigenvalue weighted by molar-refractivity contribution is 6.33. The van der Waals surface area contributed by atoms with Crippen molar-refractivity contribution in [2.45, 2.75) is 184 Å². The molecule has 8 bridgehead atoms. The number of amides is 4. The van der Waals surface area contributed by atoms with E-state index in [-0.39, 0.29) is 69.5 Å². The van der Waals surface area contributed by atoms with Crippen LogP contribution in [-0.2, 0) is 28.5 Å². The fraction of sp³-hybridized carbons (Fsp3) is 0.698. The Balaban J connectivity index is 1.32. The molecule has 1 fully saturated rings. The van der Waals surface area contributed by atoms with Crippen molar-refractivity contribution in [3.05, 3.63) is 46.5 Å². The van der Waals surface area contributed by atoms with Gasteiger partial charge in [0.25, 0.3) is 23.6 Å². The Kier molecular flexibility index (Phi) is 14.0. The zero-order chi connectivity index (χ0) is 48.3. The standard InChI is InChI=1S/C53H76N2O10/c1-15-52(13,16-2)41(56)33-17-19-34(20-18-33)42(57)53(14)28-27-50(9,10)65-32-55-45(60)37-23-21-35-39-36(22-24-38(40(37)39)46(55)61)44(59)54(43(35)58)31-64-49(7,8)26-25-48(5,6)62-29-47(3,4)30-63-51(53,11)12/h21-24,33-34H,15-20,25-32H2,1-14H3. The van der Waals surface area contributed by atoms with E-state index >= 15 is 4.79 Å². The van der Waals surface area contributed by atoms with Crippen molar-refractivity contribution in [3.63, 3.8) is 0 Å². The summed E-state index contributed by atoms with van der Waals surface area (Å²) in [5.74, 6) is -2.17. The first kappa shape index (κ1) is 50.6. The quantitative estimate of drug-likeness (QED) is 0.257.